The van der Waals surface area contributed by atoms with E-state index in [0.29, 0.717) is 10.8 Å². The van der Waals surface area contributed by atoms with Crippen molar-refractivity contribution in [2.75, 3.05) is 6.61 Å². The number of carbonyl (C=O) groups is 2. The number of esters is 1. The van der Waals surface area contributed by atoms with E-state index in [4.69, 9.17) is 11.6 Å². The number of hydrogen-bond donors (Lipinski definition) is 1. The SMILES string of the molecule is CCOC(=O)C(=O)C1=C(O)c2ccc(Cl)n2C1. The molecule has 5 nitrogen and oxygen atoms in total. The minimum absolute atomic E-state index is 0.0148. The van der Waals surface area contributed by atoms with E-state index in [1.807, 2.05) is 0 Å². The van der Waals surface area contributed by atoms with E-state index >= 15 is 0 Å². The molecule has 0 radical (unpaired) electrons. The number of Topliss-reactive ketones (excluding diaryl/α,β-unsaturated/α-hetero) is 1. The fourth-order valence-electron chi connectivity index (χ4n) is 1.70. The van der Waals surface area contributed by atoms with Crippen LogP contribution in [0.2, 0.25) is 5.15 Å². The first-order chi connectivity index (χ1) is 8.06. The second-order valence-electron chi connectivity index (χ2n) is 3.50. The van der Waals surface area contributed by atoms with Crippen molar-refractivity contribution in [3.05, 3.63) is 28.6 Å². The van der Waals surface area contributed by atoms with Crippen molar-refractivity contribution in [1.82, 2.24) is 4.57 Å². The summed E-state index contributed by atoms with van der Waals surface area (Å²) in [5.41, 5.74) is 0.448. The third-order valence-corrected chi connectivity index (χ3v) is 2.84. The van der Waals surface area contributed by atoms with Gasteiger partial charge in [-0.1, -0.05) is 11.6 Å². The molecule has 1 aromatic heterocycles. The molecule has 6 heteroatoms. The second kappa shape index (κ2) is 4.25. The predicted octanol–water partition coefficient (Wildman–Crippen LogP) is 1.56. The Bertz CT molecular complexity index is 530. The minimum atomic E-state index is -0.962. The van der Waals surface area contributed by atoms with Crippen molar-refractivity contribution >= 4 is 29.1 Å². The van der Waals surface area contributed by atoms with E-state index in [0.717, 1.165) is 0 Å². The molecule has 2 rings (SSSR count). The van der Waals surface area contributed by atoms with Gasteiger partial charge in [-0.2, -0.15) is 0 Å². The van der Waals surface area contributed by atoms with Gasteiger partial charge in [0.2, 0.25) is 0 Å². The number of nitrogens with zero attached hydrogens (tertiary/aromatic N) is 1. The van der Waals surface area contributed by atoms with E-state index in [9.17, 15) is 14.7 Å². The molecule has 90 valence electrons. The van der Waals surface area contributed by atoms with Gasteiger partial charge < -0.3 is 14.4 Å². The molecular formula is C11H10ClNO4. The topological polar surface area (TPSA) is 68.5 Å². The summed E-state index contributed by atoms with van der Waals surface area (Å²) < 4.78 is 6.14. The Hall–Kier alpha value is -1.75. The van der Waals surface area contributed by atoms with E-state index in [-0.39, 0.29) is 24.5 Å². The van der Waals surface area contributed by atoms with Crippen LogP contribution in [0.5, 0.6) is 0 Å². The van der Waals surface area contributed by atoms with Crippen LogP contribution in [-0.2, 0) is 20.9 Å². The van der Waals surface area contributed by atoms with Crippen molar-refractivity contribution in [2.24, 2.45) is 0 Å². The molecule has 0 aliphatic carbocycles. The Morgan fingerprint density at radius 2 is 2.24 bits per heavy atom. The van der Waals surface area contributed by atoms with Crippen LogP contribution in [0.1, 0.15) is 12.6 Å². The van der Waals surface area contributed by atoms with Crippen LogP contribution in [0.25, 0.3) is 5.76 Å². The van der Waals surface area contributed by atoms with Gasteiger partial charge in [-0.15, -0.1) is 0 Å². The maximum atomic E-state index is 11.7. The van der Waals surface area contributed by atoms with Gasteiger partial charge in [-0.3, -0.25) is 4.79 Å². The van der Waals surface area contributed by atoms with Crippen LogP contribution in [0.3, 0.4) is 0 Å². The smallest absolute Gasteiger partial charge is 0.379 e. The van der Waals surface area contributed by atoms with Crippen LogP contribution in [0, 0.1) is 0 Å². The van der Waals surface area contributed by atoms with Crippen molar-refractivity contribution in [1.29, 1.82) is 0 Å². The van der Waals surface area contributed by atoms with Crippen LogP contribution in [0.15, 0.2) is 17.7 Å². The fraction of sp³-hybridized carbons (Fsp3) is 0.273. The molecule has 0 atom stereocenters. The van der Waals surface area contributed by atoms with Crippen LogP contribution < -0.4 is 0 Å². The van der Waals surface area contributed by atoms with Gasteiger partial charge in [0.25, 0.3) is 5.78 Å². The number of aromatic nitrogens is 1. The average molecular weight is 256 g/mol. The molecule has 1 aromatic rings. The molecule has 0 amide bonds. The lowest BCUT2D eigenvalue weighted by Crippen LogP contribution is -2.20. The predicted molar refractivity (Wildman–Crippen MR) is 60.6 cm³/mol. The van der Waals surface area contributed by atoms with Gasteiger partial charge in [-0.05, 0) is 19.1 Å². The summed E-state index contributed by atoms with van der Waals surface area (Å²) in [5.74, 6) is -2.00. The Morgan fingerprint density at radius 3 is 2.82 bits per heavy atom. The molecule has 0 unspecified atom stereocenters. The Kier molecular flexibility index (Phi) is 2.93. The highest BCUT2D eigenvalue weighted by Gasteiger charge is 2.31. The van der Waals surface area contributed by atoms with Crippen molar-refractivity contribution in [2.45, 2.75) is 13.5 Å². The standard InChI is InChI=1S/C11H10ClNO4/c1-2-17-11(16)10(15)6-5-13-7(9(6)14)3-4-8(13)12/h3-4,14H,2,5H2,1H3. The number of hydrogen-bond acceptors (Lipinski definition) is 4. The summed E-state index contributed by atoms with van der Waals surface area (Å²) >= 11 is 5.86. The molecule has 17 heavy (non-hydrogen) atoms. The lowest BCUT2D eigenvalue weighted by atomic mass is 10.1. The molecule has 1 aliphatic heterocycles. The number of aliphatic hydroxyl groups excluding tert-OH is 1. The first kappa shape index (κ1) is 11.7. The van der Waals surface area contributed by atoms with E-state index in [1.54, 1.807) is 23.6 Å². The molecule has 2 heterocycles. The zero-order valence-electron chi connectivity index (χ0n) is 9.07. The van der Waals surface area contributed by atoms with E-state index < -0.39 is 11.8 Å². The molecule has 0 aromatic carbocycles. The van der Waals surface area contributed by atoms with Gasteiger partial charge in [-0.25, -0.2) is 4.79 Å². The molecule has 1 N–H and O–H groups in total. The number of rotatable bonds is 3. The fourth-order valence-corrected chi connectivity index (χ4v) is 1.91. The van der Waals surface area contributed by atoms with Gasteiger partial charge in [0.1, 0.15) is 10.9 Å². The van der Waals surface area contributed by atoms with Crippen LogP contribution >= 0.6 is 11.6 Å². The van der Waals surface area contributed by atoms with Gasteiger partial charge >= 0.3 is 5.97 Å². The number of ketones is 1. The first-order valence-corrected chi connectivity index (χ1v) is 5.43. The summed E-state index contributed by atoms with van der Waals surface area (Å²) in [6, 6.07) is 3.20. The molecular weight excluding hydrogens is 246 g/mol. The van der Waals surface area contributed by atoms with E-state index in [1.165, 1.54) is 0 Å². The highest BCUT2D eigenvalue weighted by molar-refractivity contribution is 6.42. The van der Waals surface area contributed by atoms with Gasteiger partial charge in [0.05, 0.1) is 24.4 Å². The zero-order valence-corrected chi connectivity index (χ0v) is 9.82. The molecule has 0 fully saturated rings. The van der Waals surface area contributed by atoms with Crippen molar-refractivity contribution in [3.8, 4) is 0 Å². The van der Waals surface area contributed by atoms with E-state index in [2.05, 4.69) is 4.74 Å². The van der Waals surface area contributed by atoms with Crippen molar-refractivity contribution < 1.29 is 19.4 Å². The largest absolute Gasteiger partial charge is 0.505 e. The number of halogens is 1. The first-order valence-electron chi connectivity index (χ1n) is 5.05. The monoisotopic (exact) mass is 255 g/mol. The quantitative estimate of drug-likeness (QED) is 0.657. The average Bonchev–Trinajstić information content (AvgIpc) is 2.81. The normalized spacial score (nSPS) is 13.8. The Balaban J connectivity index is 2.29. The molecule has 0 saturated heterocycles. The summed E-state index contributed by atoms with van der Waals surface area (Å²) in [4.78, 5) is 22.9. The summed E-state index contributed by atoms with van der Waals surface area (Å²) in [7, 11) is 0. The molecule has 0 bridgehead atoms. The van der Waals surface area contributed by atoms with Gasteiger partial charge in [0, 0.05) is 0 Å². The summed E-state index contributed by atoms with van der Waals surface area (Å²) in [5, 5.41) is 10.2. The summed E-state index contributed by atoms with van der Waals surface area (Å²) in [6.07, 6.45) is 0. The van der Waals surface area contributed by atoms with Crippen LogP contribution in [-0.4, -0.2) is 28.0 Å². The Morgan fingerprint density at radius 1 is 1.53 bits per heavy atom. The number of carbonyl (C=O) groups excluding carboxylic acids is 2. The molecule has 0 saturated carbocycles. The number of fused-ring (bicyclic) bond motifs is 1. The zero-order chi connectivity index (χ0) is 12.6. The highest BCUT2D eigenvalue weighted by Crippen LogP contribution is 2.30. The van der Waals surface area contributed by atoms with Gasteiger partial charge in [0.15, 0.2) is 0 Å². The number of aliphatic hydroxyl groups is 1. The Labute approximate surface area is 102 Å². The van der Waals surface area contributed by atoms with Crippen molar-refractivity contribution in [3.63, 3.8) is 0 Å². The third-order valence-electron chi connectivity index (χ3n) is 2.51. The highest BCUT2D eigenvalue weighted by atomic mass is 35.5. The lowest BCUT2D eigenvalue weighted by Gasteiger charge is -2.02. The minimum Gasteiger partial charge on any atom is -0.505 e. The second-order valence-corrected chi connectivity index (χ2v) is 3.89. The molecule has 0 spiro atoms. The maximum Gasteiger partial charge on any atom is 0.379 e. The lowest BCUT2D eigenvalue weighted by molar-refractivity contribution is -0.151. The number of ether oxygens (including phenoxy) is 1. The maximum absolute atomic E-state index is 11.7. The van der Waals surface area contributed by atoms with Crippen LogP contribution in [0.4, 0.5) is 0 Å². The third kappa shape index (κ3) is 1.82. The molecule has 1 aliphatic rings. The summed E-state index contributed by atoms with van der Waals surface area (Å²) in [6.45, 7) is 1.81.